The minimum absolute atomic E-state index is 0.252. The van der Waals surface area contributed by atoms with Crippen LogP contribution >= 0.6 is 23.2 Å². The molecule has 0 fully saturated rings. The van der Waals surface area contributed by atoms with Crippen LogP contribution in [0.2, 0.25) is 5.22 Å². The first kappa shape index (κ1) is 10.5. The molecule has 2 aromatic heterocycles. The Hall–Kier alpha value is -1.000. The minimum Gasteiger partial charge on any atom is -0.452 e. The van der Waals surface area contributed by atoms with Crippen LogP contribution in [0.4, 0.5) is 0 Å². The average Bonchev–Trinajstić information content (AvgIpc) is 2.83. The monoisotopic (exact) mass is 246 g/mol. The predicted octanol–water partition coefficient (Wildman–Crippen LogP) is 3.15. The van der Waals surface area contributed by atoms with Gasteiger partial charge >= 0.3 is 0 Å². The molecule has 0 saturated carbocycles. The number of hydrogen-bond donors (Lipinski definition) is 0. The molecular formula is C9H8Cl2N2O2. The van der Waals surface area contributed by atoms with Gasteiger partial charge in [-0.05, 0) is 24.1 Å². The van der Waals surface area contributed by atoms with Gasteiger partial charge in [0.15, 0.2) is 0 Å². The third-order valence-electron chi connectivity index (χ3n) is 1.84. The summed E-state index contributed by atoms with van der Waals surface area (Å²) in [5.74, 6) is 1.51. The number of nitrogens with zero attached hydrogens (tertiary/aromatic N) is 2. The Bertz CT molecular complexity index is 439. The molecule has 0 aliphatic rings. The topological polar surface area (TPSA) is 52.1 Å². The highest BCUT2D eigenvalue weighted by Gasteiger charge is 2.13. The third-order valence-corrected chi connectivity index (χ3v) is 2.40. The first-order valence-corrected chi connectivity index (χ1v) is 5.34. The number of aryl methyl sites for hydroxylation is 1. The van der Waals surface area contributed by atoms with Gasteiger partial charge in [-0.3, -0.25) is 0 Å². The molecule has 0 aromatic carbocycles. The molecule has 2 heterocycles. The summed E-state index contributed by atoms with van der Waals surface area (Å²) in [6, 6.07) is 1.68. The van der Waals surface area contributed by atoms with Gasteiger partial charge in [-0.1, -0.05) is 0 Å². The van der Waals surface area contributed by atoms with Crippen molar-refractivity contribution in [3.05, 3.63) is 23.4 Å². The maximum atomic E-state index is 5.77. The number of aromatic nitrogens is 2. The number of halogens is 2. The van der Waals surface area contributed by atoms with Gasteiger partial charge < -0.3 is 8.83 Å². The first-order chi connectivity index (χ1) is 7.31. The summed E-state index contributed by atoms with van der Waals surface area (Å²) in [7, 11) is 0. The zero-order chi connectivity index (χ0) is 10.7. The third kappa shape index (κ3) is 2.33. The predicted molar refractivity (Wildman–Crippen MR) is 56.1 cm³/mol. The molecule has 0 saturated heterocycles. The molecule has 2 rings (SSSR count). The summed E-state index contributed by atoms with van der Waals surface area (Å²) < 4.78 is 10.3. The number of hydrogen-bond acceptors (Lipinski definition) is 4. The van der Waals surface area contributed by atoms with Crippen molar-refractivity contribution in [3.63, 3.8) is 0 Å². The van der Waals surface area contributed by atoms with Crippen molar-refractivity contribution in [2.45, 2.75) is 12.8 Å². The molecule has 0 aliphatic heterocycles. The van der Waals surface area contributed by atoms with Gasteiger partial charge in [-0.2, -0.15) is 0 Å². The van der Waals surface area contributed by atoms with Crippen molar-refractivity contribution in [3.8, 4) is 11.5 Å². The largest absolute Gasteiger partial charge is 0.452 e. The van der Waals surface area contributed by atoms with Crippen molar-refractivity contribution in [2.75, 3.05) is 5.88 Å². The maximum absolute atomic E-state index is 5.77. The van der Waals surface area contributed by atoms with E-state index in [-0.39, 0.29) is 5.22 Å². The molecule has 0 atom stereocenters. The summed E-state index contributed by atoms with van der Waals surface area (Å²) in [5, 5.41) is 8.00. The van der Waals surface area contributed by atoms with Crippen molar-refractivity contribution >= 4 is 23.2 Å². The van der Waals surface area contributed by atoms with Gasteiger partial charge in [0.1, 0.15) is 0 Å². The fourth-order valence-corrected chi connectivity index (χ4v) is 1.46. The summed E-state index contributed by atoms with van der Waals surface area (Å²) in [4.78, 5) is 0. The lowest BCUT2D eigenvalue weighted by atomic mass is 10.3. The highest BCUT2D eigenvalue weighted by Crippen LogP contribution is 2.27. The van der Waals surface area contributed by atoms with Crippen LogP contribution in [0.25, 0.3) is 11.5 Å². The molecule has 15 heavy (non-hydrogen) atoms. The molecule has 0 N–H and O–H groups in total. The van der Waals surface area contributed by atoms with Gasteiger partial charge in [0.05, 0.1) is 11.8 Å². The lowest BCUT2D eigenvalue weighted by Crippen LogP contribution is -1.85. The van der Waals surface area contributed by atoms with Gasteiger partial charge in [0.2, 0.25) is 11.1 Å². The van der Waals surface area contributed by atoms with Gasteiger partial charge in [-0.25, -0.2) is 0 Å². The second-order valence-corrected chi connectivity index (χ2v) is 3.62. The molecule has 6 heteroatoms. The lowest BCUT2D eigenvalue weighted by molar-refractivity contribution is 0.501. The number of furan rings is 1. The Morgan fingerprint density at radius 2 is 2.20 bits per heavy atom. The Labute approximate surface area is 96.2 Å². The maximum Gasteiger partial charge on any atom is 0.252 e. The second-order valence-electron chi connectivity index (χ2n) is 2.90. The average molecular weight is 247 g/mol. The Balaban J connectivity index is 2.17. The van der Waals surface area contributed by atoms with Crippen LogP contribution in [0.5, 0.6) is 0 Å². The molecule has 0 unspecified atom stereocenters. The molecule has 0 amide bonds. The van der Waals surface area contributed by atoms with E-state index in [2.05, 4.69) is 10.2 Å². The Morgan fingerprint density at radius 1 is 1.33 bits per heavy atom. The standard InChI is InChI=1S/C9H8Cl2N2O2/c10-4-1-2-7-12-13-9(15-7)6-3-5-14-8(6)11/h3,5H,1-2,4H2. The van der Waals surface area contributed by atoms with E-state index in [1.54, 1.807) is 6.07 Å². The van der Waals surface area contributed by atoms with E-state index in [0.29, 0.717) is 29.6 Å². The van der Waals surface area contributed by atoms with Crippen LogP contribution < -0.4 is 0 Å². The molecular weight excluding hydrogens is 239 g/mol. The highest BCUT2D eigenvalue weighted by atomic mass is 35.5. The fourth-order valence-electron chi connectivity index (χ4n) is 1.13. The van der Waals surface area contributed by atoms with Crippen LogP contribution in [-0.4, -0.2) is 16.1 Å². The van der Waals surface area contributed by atoms with Crippen LogP contribution in [-0.2, 0) is 6.42 Å². The molecule has 80 valence electrons. The second kappa shape index (κ2) is 4.68. The lowest BCUT2D eigenvalue weighted by Gasteiger charge is -1.89. The zero-order valence-electron chi connectivity index (χ0n) is 7.74. The highest BCUT2D eigenvalue weighted by molar-refractivity contribution is 6.31. The molecule has 0 radical (unpaired) electrons. The van der Waals surface area contributed by atoms with E-state index in [0.717, 1.165) is 6.42 Å². The van der Waals surface area contributed by atoms with Gasteiger partial charge in [0.25, 0.3) is 5.89 Å². The van der Waals surface area contributed by atoms with E-state index >= 15 is 0 Å². The molecule has 4 nitrogen and oxygen atoms in total. The van der Waals surface area contributed by atoms with Crippen LogP contribution in [0.15, 0.2) is 21.2 Å². The van der Waals surface area contributed by atoms with Crippen molar-refractivity contribution in [1.82, 2.24) is 10.2 Å². The summed E-state index contributed by atoms with van der Waals surface area (Å²) in [5.41, 5.74) is 0.612. The van der Waals surface area contributed by atoms with Crippen LogP contribution in [0.1, 0.15) is 12.3 Å². The van der Waals surface area contributed by atoms with Crippen molar-refractivity contribution in [1.29, 1.82) is 0 Å². The SMILES string of the molecule is ClCCCc1nnc(-c2ccoc2Cl)o1. The normalized spacial score (nSPS) is 10.8. The molecule has 2 aromatic rings. The Morgan fingerprint density at radius 3 is 2.87 bits per heavy atom. The summed E-state index contributed by atoms with van der Waals surface area (Å²) in [6.45, 7) is 0. The molecule has 0 bridgehead atoms. The smallest absolute Gasteiger partial charge is 0.252 e. The van der Waals surface area contributed by atoms with Gasteiger partial charge in [0, 0.05) is 12.3 Å². The molecule has 0 spiro atoms. The van der Waals surface area contributed by atoms with E-state index in [9.17, 15) is 0 Å². The molecule has 0 aliphatic carbocycles. The summed E-state index contributed by atoms with van der Waals surface area (Å²) in [6.07, 6.45) is 2.95. The number of alkyl halides is 1. The summed E-state index contributed by atoms with van der Waals surface area (Å²) >= 11 is 11.3. The quantitative estimate of drug-likeness (QED) is 0.778. The van der Waals surface area contributed by atoms with E-state index in [4.69, 9.17) is 32.0 Å². The number of rotatable bonds is 4. The Kier molecular flexibility index (Phi) is 3.28. The van der Waals surface area contributed by atoms with Crippen molar-refractivity contribution in [2.24, 2.45) is 0 Å². The van der Waals surface area contributed by atoms with Crippen LogP contribution in [0, 0.1) is 0 Å². The zero-order valence-corrected chi connectivity index (χ0v) is 9.25. The van der Waals surface area contributed by atoms with E-state index in [1.807, 2.05) is 0 Å². The van der Waals surface area contributed by atoms with Crippen molar-refractivity contribution < 1.29 is 8.83 Å². The minimum atomic E-state index is 0.252. The first-order valence-electron chi connectivity index (χ1n) is 4.43. The van der Waals surface area contributed by atoms with Crippen LogP contribution in [0.3, 0.4) is 0 Å². The fraction of sp³-hybridized carbons (Fsp3) is 0.333. The van der Waals surface area contributed by atoms with Gasteiger partial charge in [-0.15, -0.1) is 21.8 Å². The van der Waals surface area contributed by atoms with E-state index in [1.165, 1.54) is 6.26 Å². The van der Waals surface area contributed by atoms with E-state index < -0.39 is 0 Å².